The van der Waals surface area contributed by atoms with Gasteiger partial charge in [-0.25, -0.2) is 9.66 Å². The fraction of sp³-hybridized carbons (Fsp3) is 0.333. The number of carbonyl (C=O) groups is 1. The minimum absolute atomic E-state index is 0.144. The summed E-state index contributed by atoms with van der Waals surface area (Å²) in [5.41, 5.74) is 7.46. The standard InChI is InChI=1S/C24H25Cl3N4O2/c1-24(33-2,18-11-10-17(26)14-19(18)27)21-20(15-6-8-16(25)9-7-15)31(23(29-21)22(28)32)30-12-4-3-5-13-30/h6-11,14H,3-5,12-13H2,1-2H3,(H2,28,32). The van der Waals surface area contributed by atoms with Crippen molar-refractivity contribution in [2.24, 2.45) is 5.73 Å². The number of piperidine rings is 1. The lowest BCUT2D eigenvalue weighted by atomic mass is 9.89. The number of hydrogen-bond donors (Lipinski definition) is 1. The third kappa shape index (κ3) is 4.45. The summed E-state index contributed by atoms with van der Waals surface area (Å²) < 4.78 is 7.89. The average molecular weight is 508 g/mol. The Kier molecular flexibility index (Phi) is 6.91. The molecule has 9 heteroatoms. The number of imidazole rings is 1. The minimum Gasteiger partial charge on any atom is -0.367 e. The van der Waals surface area contributed by atoms with Gasteiger partial charge in [-0.05, 0) is 50.5 Å². The Hall–Kier alpha value is -2.25. The molecule has 4 rings (SSSR count). The first-order chi connectivity index (χ1) is 15.8. The van der Waals surface area contributed by atoms with Gasteiger partial charge in [0, 0.05) is 46.4 Å². The zero-order valence-corrected chi connectivity index (χ0v) is 20.7. The van der Waals surface area contributed by atoms with E-state index in [9.17, 15) is 4.79 Å². The highest BCUT2D eigenvalue weighted by atomic mass is 35.5. The topological polar surface area (TPSA) is 73.4 Å². The molecule has 0 saturated carbocycles. The van der Waals surface area contributed by atoms with Crippen LogP contribution in [0.1, 0.15) is 48.1 Å². The van der Waals surface area contributed by atoms with Gasteiger partial charge < -0.3 is 15.5 Å². The van der Waals surface area contributed by atoms with Crippen LogP contribution in [-0.4, -0.2) is 35.8 Å². The summed E-state index contributed by atoms with van der Waals surface area (Å²) in [5, 5.41) is 3.66. The number of carbonyl (C=O) groups excluding carboxylic acids is 1. The van der Waals surface area contributed by atoms with Crippen molar-refractivity contribution >= 4 is 40.7 Å². The maximum atomic E-state index is 12.6. The van der Waals surface area contributed by atoms with Crippen LogP contribution in [-0.2, 0) is 10.3 Å². The Balaban J connectivity index is 2.04. The number of rotatable bonds is 6. The molecule has 1 aliphatic rings. The molecule has 1 aromatic heterocycles. The van der Waals surface area contributed by atoms with Gasteiger partial charge in [-0.1, -0.05) is 53.0 Å². The number of nitrogens with zero attached hydrogens (tertiary/aromatic N) is 3. The zero-order valence-electron chi connectivity index (χ0n) is 18.4. The van der Waals surface area contributed by atoms with Crippen molar-refractivity contribution in [1.82, 2.24) is 9.66 Å². The monoisotopic (exact) mass is 506 g/mol. The maximum absolute atomic E-state index is 12.6. The van der Waals surface area contributed by atoms with Crippen LogP contribution in [0.3, 0.4) is 0 Å². The third-order valence-corrected chi connectivity index (χ3v) is 6.91. The minimum atomic E-state index is -1.10. The van der Waals surface area contributed by atoms with E-state index in [1.807, 2.05) is 29.8 Å². The SMILES string of the molecule is COC(C)(c1ccc(Cl)cc1Cl)c1nc(C(N)=O)n(N2CCCCC2)c1-c1ccc(Cl)cc1. The molecular weight excluding hydrogens is 483 g/mol. The Morgan fingerprint density at radius 1 is 1.03 bits per heavy atom. The molecule has 0 bridgehead atoms. The number of methoxy groups -OCH3 is 1. The molecule has 2 N–H and O–H groups in total. The van der Waals surface area contributed by atoms with Gasteiger partial charge in [0.15, 0.2) is 0 Å². The Bertz CT molecular complexity index is 1170. The first-order valence-corrected chi connectivity index (χ1v) is 11.8. The summed E-state index contributed by atoms with van der Waals surface area (Å²) in [7, 11) is 1.58. The number of aromatic nitrogens is 2. The van der Waals surface area contributed by atoms with Crippen LogP contribution in [0.2, 0.25) is 15.1 Å². The van der Waals surface area contributed by atoms with Crippen LogP contribution in [0.4, 0.5) is 0 Å². The molecule has 6 nitrogen and oxygen atoms in total. The van der Waals surface area contributed by atoms with Crippen molar-refractivity contribution in [2.75, 3.05) is 25.2 Å². The van der Waals surface area contributed by atoms with Gasteiger partial charge in [0.2, 0.25) is 5.82 Å². The normalized spacial score (nSPS) is 16.0. The van der Waals surface area contributed by atoms with Crippen LogP contribution in [0, 0.1) is 0 Å². The highest BCUT2D eigenvalue weighted by molar-refractivity contribution is 6.35. The molecule has 0 radical (unpaired) electrons. The van der Waals surface area contributed by atoms with Gasteiger partial charge in [0.25, 0.3) is 5.91 Å². The molecule has 2 heterocycles. The van der Waals surface area contributed by atoms with E-state index in [1.54, 1.807) is 31.4 Å². The number of amides is 1. The van der Waals surface area contributed by atoms with Crippen molar-refractivity contribution in [3.8, 4) is 11.3 Å². The van der Waals surface area contributed by atoms with E-state index < -0.39 is 11.5 Å². The summed E-state index contributed by atoms with van der Waals surface area (Å²) in [4.78, 5) is 17.3. The summed E-state index contributed by atoms with van der Waals surface area (Å²) in [6, 6.07) is 12.6. The average Bonchev–Trinajstić information content (AvgIpc) is 3.21. The Morgan fingerprint density at radius 2 is 1.67 bits per heavy atom. The van der Waals surface area contributed by atoms with E-state index in [1.165, 1.54) is 0 Å². The molecule has 174 valence electrons. The molecule has 0 aliphatic carbocycles. The van der Waals surface area contributed by atoms with E-state index in [0.29, 0.717) is 32.0 Å². The van der Waals surface area contributed by atoms with E-state index in [4.69, 9.17) is 50.3 Å². The second-order valence-corrected chi connectivity index (χ2v) is 9.47. The molecule has 2 aromatic carbocycles. The number of hydrogen-bond acceptors (Lipinski definition) is 4. The first kappa shape index (κ1) is 23.9. The van der Waals surface area contributed by atoms with Crippen LogP contribution in [0.25, 0.3) is 11.3 Å². The molecule has 3 aromatic rings. The van der Waals surface area contributed by atoms with Crippen LogP contribution in [0.5, 0.6) is 0 Å². The van der Waals surface area contributed by atoms with Gasteiger partial charge >= 0.3 is 0 Å². The predicted molar refractivity (Wildman–Crippen MR) is 133 cm³/mol. The lowest BCUT2D eigenvalue weighted by molar-refractivity contribution is 0.0362. The van der Waals surface area contributed by atoms with Crippen LogP contribution >= 0.6 is 34.8 Å². The molecule has 1 fully saturated rings. The maximum Gasteiger partial charge on any atom is 0.286 e. The molecule has 0 spiro atoms. The fourth-order valence-corrected chi connectivity index (χ4v) is 5.05. The molecule has 1 aliphatic heterocycles. The van der Waals surface area contributed by atoms with Gasteiger partial charge in [-0.3, -0.25) is 4.79 Å². The highest BCUT2D eigenvalue weighted by Gasteiger charge is 2.40. The smallest absolute Gasteiger partial charge is 0.286 e. The fourth-order valence-electron chi connectivity index (χ4n) is 4.33. The summed E-state index contributed by atoms with van der Waals surface area (Å²) >= 11 is 18.9. The Labute approximate surface area is 208 Å². The molecule has 1 unspecified atom stereocenters. The summed E-state index contributed by atoms with van der Waals surface area (Å²) in [6.45, 7) is 3.43. The van der Waals surface area contributed by atoms with Crippen molar-refractivity contribution in [2.45, 2.75) is 31.8 Å². The zero-order chi connectivity index (χ0) is 23.8. The van der Waals surface area contributed by atoms with Crippen molar-refractivity contribution in [3.63, 3.8) is 0 Å². The second-order valence-electron chi connectivity index (χ2n) is 8.19. The number of benzene rings is 2. The van der Waals surface area contributed by atoms with Gasteiger partial charge in [-0.2, -0.15) is 0 Å². The molecule has 33 heavy (non-hydrogen) atoms. The number of ether oxygens (including phenoxy) is 1. The molecular formula is C24H25Cl3N4O2. The first-order valence-electron chi connectivity index (χ1n) is 10.7. The van der Waals surface area contributed by atoms with Crippen molar-refractivity contribution < 1.29 is 9.53 Å². The van der Waals surface area contributed by atoms with Crippen LogP contribution < -0.4 is 10.7 Å². The Morgan fingerprint density at radius 3 is 2.24 bits per heavy atom. The van der Waals surface area contributed by atoms with Crippen LogP contribution in [0.15, 0.2) is 42.5 Å². The van der Waals surface area contributed by atoms with E-state index in [-0.39, 0.29) is 5.82 Å². The largest absolute Gasteiger partial charge is 0.367 e. The second kappa shape index (κ2) is 9.55. The molecule has 1 saturated heterocycles. The van der Waals surface area contributed by atoms with E-state index in [2.05, 4.69) is 5.01 Å². The van der Waals surface area contributed by atoms with Gasteiger partial charge in [0.1, 0.15) is 11.3 Å². The number of primary amides is 1. The van der Waals surface area contributed by atoms with Gasteiger partial charge in [-0.15, -0.1) is 0 Å². The number of nitrogens with two attached hydrogens (primary N) is 1. The number of halogens is 3. The lowest BCUT2D eigenvalue weighted by Crippen LogP contribution is -2.42. The quantitative estimate of drug-likeness (QED) is 0.468. The summed E-state index contributed by atoms with van der Waals surface area (Å²) in [5.74, 6) is -0.479. The van der Waals surface area contributed by atoms with E-state index in [0.717, 1.165) is 37.9 Å². The molecule has 1 atom stereocenters. The third-order valence-electron chi connectivity index (χ3n) is 6.11. The van der Waals surface area contributed by atoms with Gasteiger partial charge in [0.05, 0.1) is 5.69 Å². The molecule has 1 amide bonds. The van der Waals surface area contributed by atoms with Crippen molar-refractivity contribution in [3.05, 3.63) is 74.6 Å². The lowest BCUT2D eigenvalue weighted by Gasteiger charge is -2.33. The van der Waals surface area contributed by atoms with E-state index >= 15 is 0 Å². The van der Waals surface area contributed by atoms with Crippen molar-refractivity contribution in [1.29, 1.82) is 0 Å². The predicted octanol–water partition coefficient (Wildman–Crippen LogP) is 5.64. The highest BCUT2D eigenvalue weighted by Crippen LogP contribution is 2.42. The summed E-state index contributed by atoms with van der Waals surface area (Å²) in [6.07, 6.45) is 3.16.